The third-order valence-electron chi connectivity index (χ3n) is 3.75. The molecule has 126 valence electrons. The van der Waals surface area contributed by atoms with Crippen molar-refractivity contribution in [3.8, 4) is 0 Å². The molecule has 0 saturated heterocycles. The monoisotopic (exact) mass is 352 g/mol. The van der Waals surface area contributed by atoms with E-state index in [0.29, 0.717) is 5.02 Å². The second-order valence-electron chi connectivity index (χ2n) is 5.67. The first kappa shape index (κ1) is 17.1. The fraction of sp³-hybridized carbons (Fsp3) is 0.0952. The molecule has 0 aromatic heterocycles. The molecule has 0 amide bonds. The zero-order valence-electron chi connectivity index (χ0n) is 13.7. The molecule has 0 bridgehead atoms. The van der Waals surface area contributed by atoms with Gasteiger partial charge in [0.15, 0.2) is 6.10 Å². The van der Waals surface area contributed by atoms with Crippen molar-refractivity contribution in [2.75, 3.05) is 0 Å². The first-order valence-electron chi connectivity index (χ1n) is 7.81. The number of hydrogen-bond acceptors (Lipinski definition) is 3. The number of carbonyl (C=O) groups excluding carboxylic acids is 1. The molecule has 3 nitrogen and oxygen atoms in total. The number of hydrogen-bond donors (Lipinski definition) is 0. The number of carbonyl (C=O) groups is 1. The molecular weight excluding hydrogens is 336 g/mol. The Bertz CT molecular complexity index is 911. The highest BCUT2D eigenvalue weighted by Crippen LogP contribution is 2.33. The van der Waals surface area contributed by atoms with Crippen LogP contribution in [-0.2, 0) is 9.47 Å². The molecule has 0 aliphatic heterocycles. The number of halogens is 1. The normalized spacial score (nSPS) is 11.8. The summed E-state index contributed by atoms with van der Waals surface area (Å²) in [6.45, 7) is 5.16. The smallest absolute Gasteiger partial charge is 0.421 e. The summed E-state index contributed by atoms with van der Waals surface area (Å²) in [6.07, 6.45) is -1.41. The Morgan fingerprint density at radius 2 is 1.68 bits per heavy atom. The summed E-state index contributed by atoms with van der Waals surface area (Å²) in [6, 6.07) is 21.0. The van der Waals surface area contributed by atoms with Crippen LogP contribution in [0.5, 0.6) is 0 Å². The Balaban J connectivity index is 2.07. The molecule has 4 heteroatoms. The lowest BCUT2D eigenvalue weighted by atomic mass is 9.96. The van der Waals surface area contributed by atoms with Gasteiger partial charge in [0.25, 0.3) is 0 Å². The third-order valence-corrected chi connectivity index (χ3v) is 4.00. The number of allylic oxidation sites excluding steroid dienone is 1. The van der Waals surface area contributed by atoms with E-state index in [1.165, 1.54) is 0 Å². The molecule has 0 N–H and O–H groups in total. The molecule has 0 radical (unpaired) electrons. The van der Waals surface area contributed by atoms with E-state index in [2.05, 4.69) is 6.58 Å². The molecule has 0 saturated carbocycles. The number of benzene rings is 3. The van der Waals surface area contributed by atoms with E-state index in [-0.39, 0.29) is 5.76 Å². The largest absolute Gasteiger partial charge is 0.514 e. The van der Waals surface area contributed by atoms with Crippen LogP contribution in [0.25, 0.3) is 10.8 Å². The van der Waals surface area contributed by atoms with Gasteiger partial charge in [0.2, 0.25) is 0 Å². The fourth-order valence-electron chi connectivity index (χ4n) is 2.69. The number of fused-ring (bicyclic) bond motifs is 1. The topological polar surface area (TPSA) is 35.5 Å². The van der Waals surface area contributed by atoms with Crippen LogP contribution < -0.4 is 0 Å². The average Bonchev–Trinajstić information content (AvgIpc) is 2.59. The Morgan fingerprint density at radius 1 is 1.00 bits per heavy atom. The van der Waals surface area contributed by atoms with Crippen molar-refractivity contribution >= 4 is 28.5 Å². The predicted octanol–water partition coefficient (Wildman–Crippen LogP) is 6.27. The minimum absolute atomic E-state index is 0.276. The van der Waals surface area contributed by atoms with E-state index in [4.69, 9.17) is 21.1 Å². The van der Waals surface area contributed by atoms with Gasteiger partial charge in [-0.2, -0.15) is 0 Å². The van der Waals surface area contributed by atoms with Crippen LogP contribution >= 0.6 is 11.6 Å². The van der Waals surface area contributed by atoms with Crippen LogP contribution in [0.3, 0.4) is 0 Å². The second-order valence-corrected chi connectivity index (χ2v) is 6.11. The van der Waals surface area contributed by atoms with E-state index < -0.39 is 12.3 Å². The van der Waals surface area contributed by atoms with Crippen molar-refractivity contribution in [1.82, 2.24) is 0 Å². The molecule has 0 heterocycles. The van der Waals surface area contributed by atoms with Gasteiger partial charge in [-0.3, -0.25) is 0 Å². The summed E-state index contributed by atoms with van der Waals surface area (Å²) >= 11 is 5.99. The highest BCUT2D eigenvalue weighted by atomic mass is 35.5. The lowest BCUT2D eigenvalue weighted by molar-refractivity contribution is 0.0547. The molecule has 3 aromatic rings. The van der Waals surface area contributed by atoms with Gasteiger partial charge in [0, 0.05) is 10.6 Å². The Kier molecular flexibility index (Phi) is 5.05. The third kappa shape index (κ3) is 4.01. The van der Waals surface area contributed by atoms with Crippen LogP contribution in [0.15, 0.2) is 79.1 Å². The summed E-state index contributed by atoms with van der Waals surface area (Å²) in [4.78, 5) is 12.1. The van der Waals surface area contributed by atoms with Crippen LogP contribution in [0.4, 0.5) is 4.79 Å². The van der Waals surface area contributed by atoms with Gasteiger partial charge in [-0.15, -0.1) is 0 Å². The molecule has 25 heavy (non-hydrogen) atoms. The van der Waals surface area contributed by atoms with Gasteiger partial charge in [0.1, 0.15) is 5.76 Å². The van der Waals surface area contributed by atoms with Crippen LogP contribution in [-0.4, -0.2) is 6.16 Å². The van der Waals surface area contributed by atoms with E-state index in [1.807, 2.05) is 54.6 Å². The maximum atomic E-state index is 12.1. The minimum atomic E-state index is -0.791. The lowest BCUT2D eigenvalue weighted by Gasteiger charge is -2.20. The Morgan fingerprint density at radius 3 is 2.40 bits per heavy atom. The van der Waals surface area contributed by atoms with Crippen molar-refractivity contribution in [2.24, 2.45) is 0 Å². The van der Waals surface area contributed by atoms with Crippen LogP contribution in [0, 0.1) is 0 Å². The van der Waals surface area contributed by atoms with Crippen molar-refractivity contribution < 1.29 is 14.3 Å². The number of ether oxygens (including phenoxy) is 2. The van der Waals surface area contributed by atoms with Gasteiger partial charge < -0.3 is 9.47 Å². The molecule has 0 fully saturated rings. The Hall–Kier alpha value is -2.78. The maximum Gasteiger partial charge on any atom is 0.514 e. The molecule has 1 atom stereocenters. The van der Waals surface area contributed by atoms with E-state index in [1.54, 1.807) is 19.1 Å². The lowest BCUT2D eigenvalue weighted by Crippen LogP contribution is -2.13. The van der Waals surface area contributed by atoms with Crippen LogP contribution in [0.2, 0.25) is 5.02 Å². The molecule has 3 aromatic carbocycles. The first-order valence-corrected chi connectivity index (χ1v) is 8.19. The summed E-state index contributed by atoms with van der Waals surface area (Å²) < 4.78 is 10.6. The highest BCUT2D eigenvalue weighted by Gasteiger charge is 2.22. The van der Waals surface area contributed by atoms with Crippen molar-refractivity contribution in [2.45, 2.75) is 13.0 Å². The molecule has 0 aliphatic carbocycles. The van der Waals surface area contributed by atoms with Crippen molar-refractivity contribution in [3.05, 3.63) is 95.2 Å². The highest BCUT2D eigenvalue weighted by molar-refractivity contribution is 6.30. The number of rotatable bonds is 4. The second kappa shape index (κ2) is 7.41. The van der Waals surface area contributed by atoms with Crippen molar-refractivity contribution in [3.63, 3.8) is 0 Å². The van der Waals surface area contributed by atoms with Gasteiger partial charge in [-0.05, 0) is 35.4 Å². The predicted molar refractivity (Wildman–Crippen MR) is 99.6 cm³/mol. The van der Waals surface area contributed by atoms with Crippen molar-refractivity contribution in [1.29, 1.82) is 0 Å². The molecule has 3 rings (SSSR count). The van der Waals surface area contributed by atoms with E-state index >= 15 is 0 Å². The first-order chi connectivity index (χ1) is 12.0. The molecule has 0 unspecified atom stereocenters. The van der Waals surface area contributed by atoms with E-state index in [9.17, 15) is 4.79 Å². The zero-order valence-corrected chi connectivity index (χ0v) is 14.5. The summed E-state index contributed by atoms with van der Waals surface area (Å²) in [5, 5.41) is 2.69. The molecule has 0 spiro atoms. The Labute approximate surface area is 151 Å². The zero-order chi connectivity index (χ0) is 17.8. The van der Waals surface area contributed by atoms with Crippen LogP contribution in [0.1, 0.15) is 24.2 Å². The standard InChI is InChI=1S/C21H17ClO3/c1-14(2)24-21(23)25-20(16-10-12-17(22)13-11-16)19-9-5-7-15-6-3-4-8-18(15)19/h3-13,20H,1H2,2H3/t20-/m1/s1. The van der Waals surface area contributed by atoms with E-state index in [0.717, 1.165) is 21.9 Å². The van der Waals surface area contributed by atoms with Gasteiger partial charge in [-0.25, -0.2) is 4.79 Å². The van der Waals surface area contributed by atoms with Gasteiger partial charge >= 0.3 is 6.16 Å². The fourth-order valence-corrected chi connectivity index (χ4v) is 2.82. The molecular formula is C21H17ClO3. The summed E-state index contributed by atoms with van der Waals surface area (Å²) in [5.41, 5.74) is 1.68. The quantitative estimate of drug-likeness (QED) is 0.410. The molecule has 0 aliphatic rings. The average molecular weight is 353 g/mol. The minimum Gasteiger partial charge on any atom is -0.421 e. The van der Waals surface area contributed by atoms with Gasteiger partial charge in [-0.1, -0.05) is 72.8 Å². The SMILES string of the molecule is C=C(C)OC(=O)O[C@H](c1ccc(Cl)cc1)c1cccc2ccccc12. The summed E-state index contributed by atoms with van der Waals surface area (Å²) in [7, 11) is 0. The maximum absolute atomic E-state index is 12.1. The van der Waals surface area contributed by atoms with Gasteiger partial charge in [0.05, 0.1) is 0 Å². The summed E-state index contributed by atoms with van der Waals surface area (Å²) in [5.74, 6) is 0.276.